The van der Waals surface area contributed by atoms with Gasteiger partial charge in [0.25, 0.3) is 0 Å². The van der Waals surface area contributed by atoms with Crippen LogP contribution in [-0.4, -0.2) is 9.97 Å². The van der Waals surface area contributed by atoms with Gasteiger partial charge < -0.3 is 0 Å². The second-order valence-electron chi connectivity index (χ2n) is 5.21. The van der Waals surface area contributed by atoms with E-state index in [1.807, 2.05) is 12.1 Å². The van der Waals surface area contributed by atoms with Crippen LogP contribution in [0.3, 0.4) is 0 Å². The summed E-state index contributed by atoms with van der Waals surface area (Å²) in [5.74, 6) is 0.763. The molecule has 2 rings (SSSR count). The molecule has 2 aromatic rings. The maximum absolute atomic E-state index is 9.04. The van der Waals surface area contributed by atoms with E-state index in [1.165, 1.54) is 5.56 Å². The van der Waals surface area contributed by atoms with Crippen LogP contribution in [0.5, 0.6) is 0 Å². The molecule has 0 unspecified atom stereocenters. The molecule has 0 fully saturated rings. The van der Waals surface area contributed by atoms with Crippen LogP contribution in [0, 0.1) is 11.3 Å². The summed E-state index contributed by atoms with van der Waals surface area (Å²) >= 11 is 0. The Balaban J connectivity index is 2.41. The number of nitriles is 1. The van der Waals surface area contributed by atoms with Gasteiger partial charge in [0.1, 0.15) is 6.07 Å². The van der Waals surface area contributed by atoms with Crippen molar-refractivity contribution in [3.8, 4) is 17.3 Å². The highest BCUT2D eigenvalue weighted by Crippen LogP contribution is 2.22. The van der Waals surface area contributed by atoms with Crippen molar-refractivity contribution in [3.63, 3.8) is 0 Å². The van der Waals surface area contributed by atoms with Gasteiger partial charge in [-0.25, -0.2) is 9.97 Å². The molecule has 0 atom stereocenters. The van der Waals surface area contributed by atoms with Crippen molar-refractivity contribution < 1.29 is 0 Å². The molecule has 0 N–H and O–H groups in total. The minimum atomic E-state index is 0.249. The van der Waals surface area contributed by atoms with Crippen LogP contribution in [0.2, 0.25) is 0 Å². The van der Waals surface area contributed by atoms with Gasteiger partial charge in [-0.2, -0.15) is 5.26 Å². The Morgan fingerprint density at radius 1 is 1.15 bits per heavy atom. The van der Waals surface area contributed by atoms with Gasteiger partial charge in [-0.3, -0.25) is 0 Å². The molecule has 3 heteroatoms. The lowest BCUT2D eigenvalue weighted by molar-refractivity contribution is 0.864. The van der Waals surface area contributed by atoms with E-state index in [0.29, 0.717) is 5.92 Å². The Morgan fingerprint density at radius 3 is 2.40 bits per heavy atom. The van der Waals surface area contributed by atoms with Gasteiger partial charge in [0.05, 0.1) is 5.69 Å². The van der Waals surface area contributed by atoms with Crippen LogP contribution in [0.15, 0.2) is 30.3 Å². The Labute approximate surface area is 120 Å². The third kappa shape index (κ3) is 3.21. The Bertz CT molecular complexity index is 622. The molecule has 0 aliphatic heterocycles. The smallest absolute Gasteiger partial charge is 0.224 e. The quantitative estimate of drug-likeness (QED) is 0.836. The van der Waals surface area contributed by atoms with Gasteiger partial charge >= 0.3 is 0 Å². The lowest BCUT2D eigenvalue weighted by Gasteiger charge is -2.08. The van der Waals surface area contributed by atoms with Crippen molar-refractivity contribution in [3.05, 3.63) is 47.4 Å². The number of benzene rings is 1. The standard InChI is InChI=1S/C17H19N3/c1-4-5-15-10-16(20-17(11-18)19-15)14-8-6-13(7-9-14)12(2)3/h6-10,12H,4-5H2,1-3H3. The minimum absolute atomic E-state index is 0.249. The summed E-state index contributed by atoms with van der Waals surface area (Å²) in [4.78, 5) is 8.55. The molecule has 0 radical (unpaired) electrons. The van der Waals surface area contributed by atoms with Crippen molar-refractivity contribution in [2.24, 2.45) is 0 Å². The van der Waals surface area contributed by atoms with E-state index in [4.69, 9.17) is 5.26 Å². The maximum Gasteiger partial charge on any atom is 0.232 e. The van der Waals surface area contributed by atoms with E-state index < -0.39 is 0 Å². The molecule has 0 bridgehead atoms. The lowest BCUT2D eigenvalue weighted by atomic mass is 10.0. The SMILES string of the molecule is CCCc1cc(-c2ccc(C(C)C)cc2)nc(C#N)n1. The third-order valence-corrected chi connectivity index (χ3v) is 3.26. The zero-order valence-corrected chi connectivity index (χ0v) is 12.2. The van der Waals surface area contributed by atoms with Crippen molar-refractivity contribution >= 4 is 0 Å². The predicted octanol–water partition coefficient (Wildman–Crippen LogP) is 4.09. The van der Waals surface area contributed by atoms with Gasteiger partial charge in [-0.05, 0) is 24.0 Å². The van der Waals surface area contributed by atoms with Crippen LogP contribution >= 0.6 is 0 Å². The van der Waals surface area contributed by atoms with Crippen molar-refractivity contribution in [1.82, 2.24) is 9.97 Å². The molecule has 0 saturated heterocycles. The summed E-state index contributed by atoms with van der Waals surface area (Å²) in [5, 5.41) is 9.04. The maximum atomic E-state index is 9.04. The van der Waals surface area contributed by atoms with E-state index in [1.54, 1.807) is 0 Å². The molecule has 3 nitrogen and oxygen atoms in total. The fourth-order valence-corrected chi connectivity index (χ4v) is 2.12. The van der Waals surface area contributed by atoms with E-state index in [-0.39, 0.29) is 5.82 Å². The molecule has 1 aromatic carbocycles. The number of rotatable bonds is 4. The van der Waals surface area contributed by atoms with E-state index in [2.05, 4.69) is 55.0 Å². The highest BCUT2D eigenvalue weighted by atomic mass is 14.9. The summed E-state index contributed by atoms with van der Waals surface area (Å²) in [6.45, 7) is 6.45. The second-order valence-corrected chi connectivity index (χ2v) is 5.21. The summed E-state index contributed by atoms with van der Waals surface area (Å²) in [6.07, 6.45) is 1.88. The molecule has 1 aromatic heterocycles. The first kappa shape index (κ1) is 14.2. The van der Waals surface area contributed by atoms with Gasteiger partial charge in [0, 0.05) is 11.3 Å². The van der Waals surface area contributed by atoms with Crippen molar-refractivity contribution in [1.29, 1.82) is 5.26 Å². The molecule has 0 aliphatic carbocycles. The molecule has 1 heterocycles. The predicted molar refractivity (Wildman–Crippen MR) is 80.3 cm³/mol. The monoisotopic (exact) mass is 265 g/mol. The van der Waals surface area contributed by atoms with Crippen LogP contribution in [-0.2, 0) is 6.42 Å². The number of aryl methyl sites for hydroxylation is 1. The number of hydrogen-bond donors (Lipinski definition) is 0. The van der Waals surface area contributed by atoms with Crippen LogP contribution in [0.4, 0.5) is 0 Å². The normalized spacial score (nSPS) is 10.6. The summed E-state index contributed by atoms with van der Waals surface area (Å²) < 4.78 is 0. The second kappa shape index (κ2) is 6.29. The Hall–Kier alpha value is -2.21. The number of aromatic nitrogens is 2. The largest absolute Gasteiger partial charge is 0.232 e. The first-order chi connectivity index (χ1) is 9.63. The topological polar surface area (TPSA) is 49.6 Å². The molecule has 102 valence electrons. The van der Waals surface area contributed by atoms with E-state index in [9.17, 15) is 0 Å². The summed E-state index contributed by atoms with van der Waals surface area (Å²) in [7, 11) is 0. The van der Waals surface area contributed by atoms with Gasteiger partial charge in [-0.1, -0.05) is 51.5 Å². The zero-order chi connectivity index (χ0) is 14.5. The van der Waals surface area contributed by atoms with Crippen LogP contribution in [0.1, 0.15) is 50.2 Å². The fraction of sp³-hybridized carbons (Fsp3) is 0.353. The molecular formula is C17H19N3. The highest BCUT2D eigenvalue weighted by Gasteiger charge is 2.07. The van der Waals surface area contributed by atoms with Crippen LogP contribution < -0.4 is 0 Å². The molecular weight excluding hydrogens is 246 g/mol. The number of hydrogen-bond acceptors (Lipinski definition) is 3. The summed E-state index contributed by atoms with van der Waals surface area (Å²) in [5.41, 5.74) is 4.10. The van der Waals surface area contributed by atoms with E-state index >= 15 is 0 Å². The van der Waals surface area contributed by atoms with Gasteiger partial charge in [-0.15, -0.1) is 0 Å². The molecule has 0 saturated carbocycles. The third-order valence-electron chi connectivity index (χ3n) is 3.26. The van der Waals surface area contributed by atoms with Crippen LogP contribution in [0.25, 0.3) is 11.3 Å². The van der Waals surface area contributed by atoms with Crippen molar-refractivity contribution in [2.75, 3.05) is 0 Å². The molecule has 0 aliphatic rings. The lowest BCUT2D eigenvalue weighted by Crippen LogP contribution is -1.98. The highest BCUT2D eigenvalue weighted by molar-refractivity contribution is 5.60. The first-order valence-electron chi connectivity index (χ1n) is 7.02. The molecule has 20 heavy (non-hydrogen) atoms. The van der Waals surface area contributed by atoms with Gasteiger partial charge in [0.2, 0.25) is 5.82 Å². The minimum Gasteiger partial charge on any atom is -0.224 e. The Kier molecular flexibility index (Phi) is 4.47. The van der Waals surface area contributed by atoms with Crippen molar-refractivity contribution in [2.45, 2.75) is 39.5 Å². The average Bonchev–Trinajstić information content (AvgIpc) is 2.47. The van der Waals surface area contributed by atoms with E-state index in [0.717, 1.165) is 29.8 Å². The fourth-order valence-electron chi connectivity index (χ4n) is 2.12. The number of nitrogens with zero attached hydrogens (tertiary/aromatic N) is 3. The average molecular weight is 265 g/mol. The van der Waals surface area contributed by atoms with Gasteiger partial charge in [0.15, 0.2) is 0 Å². The Morgan fingerprint density at radius 2 is 1.85 bits per heavy atom. The zero-order valence-electron chi connectivity index (χ0n) is 12.2. The summed E-state index contributed by atoms with van der Waals surface area (Å²) in [6, 6.07) is 12.4. The first-order valence-corrected chi connectivity index (χ1v) is 7.02. The molecule has 0 spiro atoms. The molecule has 0 amide bonds.